The number of hydrogen-bond donors (Lipinski definition) is 1. The first kappa shape index (κ1) is 18.2. The van der Waals surface area contributed by atoms with Crippen LogP contribution in [0.1, 0.15) is 16.7 Å². The third kappa shape index (κ3) is 2.78. The SMILES string of the molecule is COc1ccc(C2(O)CN(c3cccc(C)c3C)C3=[N+]2CCS3)cc1OC. The molecule has 5 nitrogen and oxygen atoms in total. The molecule has 2 aromatic rings. The van der Waals surface area contributed by atoms with Gasteiger partial charge in [-0.05, 0) is 61.0 Å². The number of aryl methyl sites for hydroxylation is 1. The van der Waals surface area contributed by atoms with Crippen LogP contribution in [0.25, 0.3) is 0 Å². The van der Waals surface area contributed by atoms with Crippen molar-refractivity contribution in [1.29, 1.82) is 0 Å². The lowest BCUT2D eigenvalue weighted by molar-refractivity contribution is -0.650. The zero-order valence-electron chi connectivity index (χ0n) is 16.2. The smallest absolute Gasteiger partial charge is 0.316 e. The lowest BCUT2D eigenvalue weighted by Gasteiger charge is -2.24. The average Bonchev–Trinajstić information content (AvgIpc) is 3.27. The summed E-state index contributed by atoms with van der Waals surface area (Å²) in [4.78, 5) is 2.25. The molecule has 0 saturated carbocycles. The van der Waals surface area contributed by atoms with E-state index >= 15 is 0 Å². The summed E-state index contributed by atoms with van der Waals surface area (Å²) in [7, 11) is 3.24. The van der Waals surface area contributed by atoms with E-state index in [-0.39, 0.29) is 0 Å². The van der Waals surface area contributed by atoms with Crippen molar-refractivity contribution in [2.45, 2.75) is 19.6 Å². The summed E-state index contributed by atoms with van der Waals surface area (Å²) in [6, 6.07) is 12.0. The monoisotopic (exact) mass is 385 g/mol. The number of rotatable bonds is 4. The number of methoxy groups -OCH3 is 2. The number of hydrogen-bond acceptors (Lipinski definition) is 5. The quantitative estimate of drug-likeness (QED) is 0.820. The van der Waals surface area contributed by atoms with Gasteiger partial charge in [0.2, 0.25) is 0 Å². The Bertz CT molecular complexity index is 928. The van der Waals surface area contributed by atoms with Gasteiger partial charge in [0.1, 0.15) is 5.69 Å². The molecule has 0 spiro atoms. The largest absolute Gasteiger partial charge is 0.493 e. The molecule has 1 atom stereocenters. The molecule has 0 fully saturated rings. The van der Waals surface area contributed by atoms with Gasteiger partial charge in [-0.3, -0.25) is 0 Å². The molecule has 0 amide bonds. The summed E-state index contributed by atoms with van der Waals surface area (Å²) in [6.45, 7) is 5.56. The maximum Gasteiger partial charge on any atom is 0.316 e. The van der Waals surface area contributed by atoms with Crippen molar-refractivity contribution < 1.29 is 19.2 Å². The molecule has 142 valence electrons. The van der Waals surface area contributed by atoms with Crippen LogP contribution in [0.2, 0.25) is 0 Å². The normalized spacial score (nSPS) is 21.6. The zero-order chi connectivity index (χ0) is 19.2. The molecule has 1 unspecified atom stereocenters. The number of benzene rings is 2. The first-order valence-electron chi connectivity index (χ1n) is 9.05. The van der Waals surface area contributed by atoms with Crippen molar-refractivity contribution in [2.24, 2.45) is 0 Å². The average molecular weight is 386 g/mol. The molecule has 6 heteroatoms. The maximum atomic E-state index is 11.8. The number of ether oxygens (including phenoxy) is 2. The number of amidine groups is 1. The van der Waals surface area contributed by atoms with E-state index in [0.717, 1.165) is 28.7 Å². The Hall–Kier alpha value is -2.18. The van der Waals surface area contributed by atoms with Crippen molar-refractivity contribution in [2.75, 3.05) is 38.0 Å². The van der Waals surface area contributed by atoms with Gasteiger partial charge < -0.3 is 14.6 Å². The molecule has 2 aliphatic heterocycles. The Labute approximate surface area is 164 Å². The number of thioether (sulfide) groups is 1. The molecule has 0 radical (unpaired) electrons. The van der Waals surface area contributed by atoms with Crippen LogP contribution in [0, 0.1) is 13.8 Å². The molecule has 1 N–H and O–H groups in total. The van der Waals surface area contributed by atoms with Gasteiger partial charge in [-0.2, -0.15) is 0 Å². The minimum absolute atomic E-state index is 0.481. The third-order valence-corrected chi connectivity index (χ3v) is 6.63. The van der Waals surface area contributed by atoms with E-state index in [4.69, 9.17) is 9.47 Å². The lowest BCUT2D eigenvalue weighted by atomic mass is 10.0. The maximum absolute atomic E-state index is 11.8. The summed E-state index contributed by atoms with van der Waals surface area (Å²) in [5.74, 6) is 2.25. The molecule has 27 heavy (non-hydrogen) atoms. The van der Waals surface area contributed by atoms with Crippen LogP contribution in [0.5, 0.6) is 11.5 Å². The fourth-order valence-corrected chi connectivity index (χ4v) is 5.06. The molecular weight excluding hydrogens is 360 g/mol. The predicted octanol–water partition coefficient (Wildman–Crippen LogP) is 3.10. The Morgan fingerprint density at radius 3 is 2.63 bits per heavy atom. The lowest BCUT2D eigenvalue weighted by Crippen LogP contribution is -2.41. The van der Waals surface area contributed by atoms with E-state index in [1.807, 2.05) is 18.2 Å². The summed E-state index contributed by atoms with van der Waals surface area (Å²) < 4.78 is 12.9. The van der Waals surface area contributed by atoms with E-state index in [0.29, 0.717) is 18.0 Å². The fraction of sp³-hybridized carbons (Fsp3) is 0.381. The molecular formula is C21H25N2O3S+. The Balaban J connectivity index is 1.80. The van der Waals surface area contributed by atoms with Gasteiger partial charge in [0.15, 0.2) is 18.0 Å². The first-order valence-corrected chi connectivity index (χ1v) is 10.0. The molecule has 0 aromatic heterocycles. The Kier molecular flexibility index (Phi) is 4.56. The second-order valence-electron chi connectivity index (χ2n) is 6.97. The zero-order valence-corrected chi connectivity index (χ0v) is 17.0. The number of aliphatic hydroxyl groups is 1. The minimum atomic E-state index is -1.10. The van der Waals surface area contributed by atoms with Crippen LogP contribution in [0.3, 0.4) is 0 Å². The van der Waals surface area contributed by atoms with E-state index in [1.54, 1.807) is 26.0 Å². The molecule has 0 saturated heterocycles. The molecule has 4 rings (SSSR count). The van der Waals surface area contributed by atoms with Crippen molar-refractivity contribution in [3.63, 3.8) is 0 Å². The Morgan fingerprint density at radius 1 is 1.11 bits per heavy atom. The Morgan fingerprint density at radius 2 is 1.89 bits per heavy atom. The van der Waals surface area contributed by atoms with Crippen molar-refractivity contribution in [3.05, 3.63) is 53.1 Å². The second-order valence-corrected chi connectivity index (χ2v) is 8.04. The van der Waals surface area contributed by atoms with Gasteiger partial charge >= 0.3 is 5.17 Å². The number of β-amino-alcohol motifs (C(OH)–C–C–N with tert-alkyl or cyclic N) is 1. The molecule has 2 aliphatic rings. The van der Waals surface area contributed by atoms with E-state index in [9.17, 15) is 5.11 Å². The van der Waals surface area contributed by atoms with Gasteiger partial charge in [0.05, 0.1) is 20.8 Å². The standard InChI is InChI=1S/C21H25N2O3S/c1-14-6-5-7-17(15(14)2)22-13-21(24,23-10-11-27-20(22)23)16-8-9-18(25-3)19(12-16)26-4/h5-9,12,24H,10-11,13H2,1-4H3/q+1. The van der Waals surface area contributed by atoms with E-state index < -0.39 is 5.72 Å². The minimum Gasteiger partial charge on any atom is -0.493 e. The first-order chi connectivity index (χ1) is 13.0. The summed E-state index contributed by atoms with van der Waals surface area (Å²) >= 11 is 1.80. The highest BCUT2D eigenvalue weighted by atomic mass is 32.2. The highest BCUT2D eigenvalue weighted by Crippen LogP contribution is 2.41. The van der Waals surface area contributed by atoms with Gasteiger partial charge in [-0.25, -0.2) is 9.48 Å². The van der Waals surface area contributed by atoms with Gasteiger partial charge in [-0.1, -0.05) is 12.1 Å². The van der Waals surface area contributed by atoms with Crippen LogP contribution in [-0.2, 0) is 5.72 Å². The molecule has 2 aromatic carbocycles. The van der Waals surface area contributed by atoms with Crippen molar-refractivity contribution >= 4 is 22.6 Å². The highest BCUT2D eigenvalue weighted by molar-refractivity contribution is 8.14. The van der Waals surface area contributed by atoms with Crippen LogP contribution in [-0.4, -0.2) is 47.9 Å². The van der Waals surface area contributed by atoms with Crippen LogP contribution >= 0.6 is 11.8 Å². The van der Waals surface area contributed by atoms with Crippen LogP contribution in [0.4, 0.5) is 5.69 Å². The van der Waals surface area contributed by atoms with Crippen molar-refractivity contribution in [3.8, 4) is 11.5 Å². The number of nitrogens with zero attached hydrogens (tertiary/aromatic N) is 2. The van der Waals surface area contributed by atoms with Gasteiger partial charge in [-0.15, -0.1) is 0 Å². The van der Waals surface area contributed by atoms with Crippen LogP contribution in [0.15, 0.2) is 36.4 Å². The van der Waals surface area contributed by atoms with E-state index in [1.165, 1.54) is 11.1 Å². The highest BCUT2D eigenvalue weighted by Gasteiger charge is 2.54. The fourth-order valence-electron chi connectivity index (χ4n) is 3.89. The van der Waals surface area contributed by atoms with Gasteiger partial charge in [0.25, 0.3) is 5.72 Å². The molecule has 2 heterocycles. The molecule has 0 aliphatic carbocycles. The van der Waals surface area contributed by atoms with Gasteiger partial charge in [0, 0.05) is 11.3 Å². The number of anilines is 1. The topological polar surface area (TPSA) is 44.9 Å². The summed E-state index contributed by atoms with van der Waals surface area (Å²) in [5.41, 5.74) is 3.36. The third-order valence-electron chi connectivity index (χ3n) is 5.55. The van der Waals surface area contributed by atoms with E-state index in [2.05, 4.69) is 41.5 Å². The van der Waals surface area contributed by atoms with Crippen molar-refractivity contribution in [1.82, 2.24) is 0 Å². The predicted molar refractivity (Wildman–Crippen MR) is 109 cm³/mol. The second kappa shape index (κ2) is 6.77. The molecule has 0 bridgehead atoms. The summed E-state index contributed by atoms with van der Waals surface area (Å²) in [5, 5.41) is 12.9. The van der Waals surface area contributed by atoms with Crippen LogP contribution < -0.4 is 14.4 Å². The summed E-state index contributed by atoms with van der Waals surface area (Å²) in [6.07, 6.45) is 0.